The first kappa shape index (κ1) is 24.2. The number of benzene rings is 3. The monoisotopic (exact) mass is 454 g/mol. The van der Waals surface area contributed by atoms with Gasteiger partial charge in [0, 0.05) is 42.0 Å². The summed E-state index contributed by atoms with van der Waals surface area (Å²) in [5.74, 6) is -0.877. The highest BCUT2D eigenvalue weighted by Crippen LogP contribution is 2.32. The Morgan fingerprint density at radius 2 is 1.91 bits per heavy atom. The maximum absolute atomic E-state index is 15.2. The third-order valence-electron chi connectivity index (χ3n) is 5.38. The van der Waals surface area contributed by atoms with E-state index in [2.05, 4.69) is 0 Å². The third kappa shape index (κ3) is 6.08. The third-order valence-corrected chi connectivity index (χ3v) is 5.38. The fourth-order valence-electron chi connectivity index (χ4n) is 3.63. The number of carboxylic acids is 1. The molecule has 0 saturated carbocycles. The summed E-state index contributed by atoms with van der Waals surface area (Å²) in [5.41, 5.74) is 9.36. The zero-order valence-electron chi connectivity index (χ0n) is 18.7. The standard InChI is InChI=1S/C26H28F2N2O3/c1-17(29)22-7-5-8-23(26(22)28)20-12-18(13-21(14-20)30(2)11-10-27)16-33-24-9-4-3-6-19(24)15-25(31)32/h3-9,12-14,17H,10-11,15-16,29H2,1-2H3,(H,31,32)/t17-/m1/s1. The number of halogens is 2. The zero-order valence-corrected chi connectivity index (χ0v) is 18.7. The van der Waals surface area contributed by atoms with E-state index in [4.69, 9.17) is 15.6 Å². The van der Waals surface area contributed by atoms with Crippen molar-refractivity contribution in [3.8, 4) is 16.9 Å². The average Bonchev–Trinajstić information content (AvgIpc) is 2.78. The summed E-state index contributed by atoms with van der Waals surface area (Å²) in [6, 6.07) is 17.1. The van der Waals surface area contributed by atoms with Gasteiger partial charge in [-0.05, 0) is 42.3 Å². The molecule has 0 radical (unpaired) electrons. The molecule has 0 fully saturated rings. The van der Waals surface area contributed by atoms with Crippen LogP contribution in [0.25, 0.3) is 11.1 Å². The molecule has 0 bridgehead atoms. The van der Waals surface area contributed by atoms with E-state index in [-0.39, 0.29) is 19.6 Å². The Morgan fingerprint density at radius 3 is 2.61 bits per heavy atom. The summed E-state index contributed by atoms with van der Waals surface area (Å²) < 4.78 is 34.1. The molecule has 0 saturated heterocycles. The van der Waals surface area contributed by atoms with Gasteiger partial charge in [-0.1, -0.05) is 36.4 Å². The normalized spacial score (nSPS) is 11.8. The maximum Gasteiger partial charge on any atom is 0.307 e. The first-order valence-corrected chi connectivity index (χ1v) is 10.7. The van der Waals surface area contributed by atoms with Crippen molar-refractivity contribution in [3.05, 3.63) is 83.2 Å². The molecular weight excluding hydrogens is 426 g/mol. The number of anilines is 1. The van der Waals surface area contributed by atoms with Crippen LogP contribution >= 0.6 is 0 Å². The van der Waals surface area contributed by atoms with Crippen LogP contribution in [0.1, 0.15) is 29.7 Å². The van der Waals surface area contributed by atoms with Crippen LogP contribution in [0.3, 0.4) is 0 Å². The van der Waals surface area contributed by atoms with Gasteiger partial charge >= 0.3 is 5.97 Å². The lowest BCUT2D eigenvalue weighted by Gasteiger charge is -2.21. The van der Waals surface area contributed by atoms with Gasteiger partial charge in [0.15, 0.2) is 0 Å². The molecule has 0 aliphatic carbocycles. The number of nitrogens with zero attached hydrogens (tertiary/aromatic N) is 1. The second-order valence-electron chi connectivity index (χ2n) is 7.96. The summed E-state index contributed by atoms with van der Waals surface area (Å²) in [7, 11) is 1.76. The maximum atomic E-state index is 15.2. The Morgan fingerprint density at radius 1 is 1.15 bits per heavy atom. The number of para-hydroxylation sites is 1. The minimum absolute atomic E-state index is 0.134. The van der Waals surface area contributed by atoms with E-state index in [0.717, 1.165) is 5.56 Å². The summed E-state index contributed by atoms with van der Waals surface area (Å²) in [5, 5.41) is 9.14. The Kier molecular flexibility index (Phi) is 8.01. The average molecular weight is 455 g/mol. The Labute approximate surface area is 192 Å². The van der Waals surface area contributed by atoms with Crippen molar-refractivity contribution >= 4 is 11.7 Å². The van der Waals surface area contributed by atoms with Crippen LogP contribution in [0.5, 0.6) is 5.75 Å². The minimum atomic E-state index is -0.951. The van der Waals surface area contributed by atoms with Gasteiger partial charge in [0.05, 0.1) is 6.42 Å². The van der Waals surface area contributed by atoms with E-state index < -0.39 is 24.5 Å². The van der Waals surface area contributed by atoms with Crippen molar-refractivity contribution in [2.24, 2.45) is 5.73 Å². The summed E-state index contributed by atoms with van der Waals surface area (Å²) in [6.07, 6.45) is -0.157. The molecule has 0 unspecified atom stereocenters. The predicted octanol–water partition coefficient (Wildman–Crippen LogP) is 5.12. The van der Waals surface area contributed by atoms with E-state index in [0.29, 0.717) is 33.7 Å². The van der Waals surface area contributed by atoms with Gasteiger partial charge in [0.25, 0.3) is 0 Å². The summed E-state index contributed by atoms with van der Waals surface area (Å²) in [6.45, 7) is 1.52. The zero-order chi connectivity index (χ0) is 24.0. The SMILES string of the molecule is C[C@@H](N)c1cccc(-c2cc(COc3ccccc3CC(=O)O)cc(N(C)CCF)c2)c1F. The smallest absolute Gasteiger partial charge is 0.307 e. The number of hydrogen-bond donors (Lipinski definition) is 2. The predicted molar refractivity (Wildman–Crippen MR) is 126 cm³/mol. The molecule has 7 heteroatoms. The number of carboxylic acid groups (broad SMARTS) is 1. The number of nitrogens with two attached hydrogens (primary N) is 1. The number of aliphatic carboxylic acids is 1. The lowest BCUT2D eigenvalue weighted by Crippen LogP contribution is -2.20. The number of alkyl halides is 1. The van der Waals surface area contributed by atoms with E-state index in [1.165, 1.54) is 0 Å². The molecule has 0 aromatic heterocycles. The summed E-state index contributed by atoms with van der Waals surface area (Å²) in [4.78, 5) is 12.9. The van der Waals surface area contributed by atoms with Crippen LogP contribution in [0.4, 0.5) is 14.5 Å². The van der Waals surface area contributed by atoms with Gasteiger partial charge < -0.3 is 20.5 Å². The lowest BCUT2D eigenvalue weighted by molar-refractivity contribution is -0.136. The molecule has 5 nitrogen and oxygen atoms in total. The van der Waals surface area contributed by atoms with E-state index >= 15 is 4.39 Å². The van der Waals surface area contributed by atoms with Crippen molar-refractivity contribution in [2.75, 3.05) is 25.2 Å². The highest BCUT2D eigenvalue weighted by molar-refractivity contribution is 5.72. The van der Waals surface area contributed by atoms with Crippen LogP contribution in [0.15, 0.2) is 60.7 Å². The quantitative estimate of drug-likeness (QED) is 0.445. The Balaban J connectivity index is 1.99. The molecule has 33 heavy (non-hydrogen) atoms. The largest absolute Gasteiger partial charge is 0.489 e. The van der Waals surface area contributed by atoms with E-state index in [1.807, 2.05) is 12.1 Å². The summed E-state index contributed by atoms with van der Waals surface area (Å²) >= 11 is 0. The molecule has 0 aliphatic heterocycles. The van der Waals surface area contributed by atoms with Gasteiger partial charge in [-0.25, -0.2) is 8.78 Å². The number of rotatable bonds is 10. The molecule has 3 aromatic carbocycles. The van der Waals surface area contributed by atoms with E-state index in [9.17, 15) is 9.18 Å². The van der Waals surface area contributed by atoms with E-state index in [1.54, 1.807) is 67.4 Å². The van der Waals surface area contributed by atoms with Gasteiger partial charge in [-0.2, -0.15) is 0 Å². The molecule has 3 aromatic rings. The van der Waals surface area contributed by atoms with Crippen LogP contribution in [-0.4, -0.2) is 31.3 Å². The molecule has 0 amide bonds. The fourth-order valence-corrected chi connectivity index (χ4v) is 3.63. The first-order chi connectivity index (χ1) is 15.8. The van der Waals surface area contributed by atoms with Crippen molar-refractivity contribution in [2.45, 2.75) is 26.0 Å². The number of ether oxygens (including phenoxy) is 1. The van der Waals surface area contributed by atoms with Crippen LogP contribution in [0, 0.1) is 5.82 Å². The highest BCUT2D eigenvalue weighted by atomic mass is 19.1. The second-order valence-corrected chi connectivity index (χ2v) is 7.96. The van der Waals surface area contributed by atoms with Crippen LogP contribution < -0.4 is 15.4 Å². The van der Waals surface area contributed by atoms with Crippen LogP contribution in [0.2, 0.25) is 0 Å². The molecule has 0 heterocycles. The van der Waals surface area contributed by atoms with Gasteiger partial charge in [-0.3, -0.25) is 4.79 Å². The topological polar surface area (TPSA) is 75.8 Å². The van der Waals surface area contributed by atoms with Crippen molar-refractivity contribution in [3.63, 3.8) is 0 Å². The van der Waals surface area contributed by atoms with Crippen molar-refractivity contribution in [1.82, 2.24) is 0 Å². The number of hydrogen-bond acceptors (Lipinski definition) is 4. The molecule has 3 rings (SSSR count). The second kappa shape index (κ2) is 10.9. The minimum Gasteiger partial charge on any atom is -0.489 e. The molecule has 0 aliphatic rings. The molecule has 0 spiro atoms. The molecule has 1 atom stereocenters. The van der Waals surface area contributed by atoms with Gasteiger partial charge in [-0.15, -0.1) is 0 Å². The molecule has 3 N–H and O–H groups in total. The van der Waals surface area contributed by atoms with Gasteiger partial charge in [0.1, 0.15) is 24.8 Å². The van der Waals surface area contributed by atoms with Crippen molar-refractivity contribution in [1.29, 1.82) is 0 Å². The Bertz CT molecular complexity index is 1120. The first-order valence-electron chi connectivity index (χ1n) is 10.7. The molecular formula is C26H28F2N2O3. The van der Waals surface area contributed by atoms with Gasteiger partial charge in [0.2, 0.25) is 0 Å². The lowest BCUT2D eigenvalue weighted by atomic mass is 9.97. The highest BCUT2D eigenvalue weighted by Gasteiger charge is 2.15. The van der Waals surface area contributed by atoms with Crippen molar-refractivity contribution < 1.29 is 23.4 Å². The number of carbonyl (C=O) groups is 1. The molecule has 174 valence electrons. The van der Waals surface area contributed by atoms with Crippen LogP contribution in [-0.2, 0) is 17.8 Å². The fraction of sp³-hybridized carbons (Fsp3) is 0.269. The Hall–Kier alpha value is -3.45.